The van der Waals surface area contributed by atoms with Crippen LogP contribution in [0.25, 0.3) is 0 Å². The number of aryl methyl sites for hydroxylation is 1. The molecule has 0 N–H and O–H groups in total. The molecule has 3 rings (SSSR count). The van der Waals surface area contributed by atoms with Gasteiger partial charge in [-0.3, -0.25) is 4.90 Å². The van der Waals surface area contributed by atoms with E-state index in [9.17, 15) is 12.8 Å². The molecule has 0 spiro atoms. The second kappa shape index (κ2) is 8.16. The summed E-state index contributed by atoms with van der Waals surface area (Å²) in [4.78, 5) is 1.90. The van der Waals surface area contributed by atoms with Crippen LogP contribution in [0.15, 0.2) is 53.4 Å². The molecule has 1 aliphatic heterocycles. The Morgan fingerprint density at radius 1 is 1.04 bits per heavy atom. The zero-order chi connectivity index (χ0) is 18.6. The van der Waals surface area contributed by atoms with Crippen LogP contribution < -0.4 is 4.74 Å². The highest BCUT2D eigenvalue weighted by molar-refractivity contribution is 7.89. The van der Waals surface area contributed by atoms with Crippen LogP contribution in [0.4, 0.5) is 4.39 Å². The molecule has 0 bridgehead atoms. The molecule has 5 nitrogen and oxygen atoms in total. The van der Waals surface area contributed by atoms with E-state index in [-0.39, 0.29) is 4.90 Å². The summed E-state index contributed by atoms with van der Waals surface area (Å²) in [5.74, 6) is 0.132. The van der Waals surface area contributed by atoms with Gasteiger partial charge in [-0.05, 0) is 36.8 Å². The lowest BCUT2D eigenvalue weighted by Gasteiger charge is -2.33. The summed E-state index contributed by atoms with van der Waals surface area (Å²) in [6.45, 7) is 5.19. The molecule has 0 unspecified atom stereocenters. The highest BCUT2D eigenvalue weighted by Crippen LogP contribution is 2.20. The summed E-state index contributed by atoms with van der Waals surface area (Å²) in [6, 6.07) is 13.4. The molecular formula is C19H23FN2O3S. The van der Waals surface area contributed by atoms with E-state index in [1.54, 1.807) is 0 Å². The average molecular weight is 378 g/mol. The Morgan fingerprint density at radius 3 is 2.46 bits per heavy atom. The van der Waals surface area contributed by atoms with E-state index < -0.39 is 15.8 Å². The van der Waals surface area contributed by atoms with Crippen LogP contribution in [0.5, 0.6) is 5.75 Å². The lowest BCUT2D eigenvalue weighted by molar-refractivity contribution is 0.158. The van der Waals surface area contributed by atoms with Gasteiger partial charge in [0.2, 0.25) is 10.0 Å². The van der Waals surface area contributed by atoms with E-state index in [1.807, 2.05) is 31.2 Å². The first kappa shape index (κ1) is 18.8. The lowest BCUT2D eigenvalue weighted by Crippen LogP contribution is -2.49. The molecule has 2 aromatic carbocycles. The minimum absolute atomic E-state index is 0.253. The maximum absolute atomic E-state index is 13.8. The minimum Gasteiger partial charge on any atom is -0.492 e. The molecule has 2 aromatic rings. The zero-order valence-corrected chi connectivity index (χ0v) is 15.6. The van der Waals surface area contributed by atoms with Crippen molar-refractivity contribution in [1.29, 1.82) is 0 Å². The predicted molar refractivity (Wildman–Crippen MR) is 98.3 cm³/mol. The third kappa shape index (κ3) is 4.41. The molecule has 0 aliphatic carbocycles. The Morgan fingerprint density at radius 2 is 1.77 bits per heavy atom. The molecule has 0 atom stereocenters. The van der Waals surface area contributed by atoms with Crippen molar-refractivity contribution >= 4 is 10.0 Å². The van der Waals surface area contributed by atoms with Crippen LogP contribution in [0, 0.1) is 12.7 Å². The number of nitrogens with zero attached hydrogens (tertiary/aromatic N) is 2. The first-order valence-electron chi connectivity index (χ1n) is 8.63. The molecule has 0 amide bonds. The summed E-state index contributed by atoms with van der Waals surface area (Å²) in [5, 5.41) is 0. The van der Waals surface area contributed by atoms with Gasteiger partial charge >= 0.3 is 0 Å². The van der Waals surface area contributed by atoms with Gasteiger partial charge in [-0.2, -0.15) is 4.31 Å². The second-order valence-electron chi connectivity index (χ2n) is 6.34. The fourth-order valence-corrected chi connectivity index (χ4v) is 4.47. The SMILES string of the molecule is Cc1cccc(OCCN2CCN(S(=O)(=O)c3ccccc3F)CC2)c1. The number of rotatable bonds is 6. The number of sulfonamides is 1. The average Bonchev–Trinajstić information content (AvgIpc) is 2.62. The molecule has 0 saturated carbocycles. The van der Waals surface area contributed by atoms with Crippen molar-refractivity contribution in [2.24, 2.45) is 0 Å². The third-order valence-corrected chi connectivity index (χ3v) is 6.38. The zero-order valence-electron chi connectivity index (χ0n) is 14.8. The van der Waals surface area contributed by atoms with Crippen molar-refractivity contribution in [3.8, 4) is 5.75 Å². The molecule has 7 heteroatoms. The Bertz CT molecular complexity index is 849. The van der Waals surface area contributed by atoms with Gasteiger partial charge in [0.25, 0.3) is 0 Å². The Balaban J connectivity index is 1.50. The number of benzene rings is 2. The fourth-order valence-electron chi connectivity index (χ4n) is 2.98. The van der Waals surface area contributed by atoms with Gasteiger partial charge in [0.05, 0.1) is 0 Å². The predicted octanol–water partition coefficient (Wildman–Crippen LogP) is 2.52. The number of halogens is 1. The van der Waals surface area contributed by atoms with Crippen LogP contribution in [0.2, 0.25) is 0 Å². The van der Waals surface area contributed by atoms with Crippen LogP contribution >= 0.6 is 0 Å². The van der Waals surface area contributed by atoms with E-state index in [2.05, 4.69) is 4.90 Å². The van der Waals surface area contributed by atoms with E-state index in [4.69, 9.17) is 4.74 Å². The Hall–Kier alpha value is -1.96. The molecule has 1 heterocycles. The van der Waals surface area contributed by atoms with Crippen molar-refractivity contribution in [3.05, 3.63) is 59.9 Å². The molecule has 1 saturated heterocycles. The maximum Gasteiger partial charge on any atom is 0.246 e. The summed E-state index contributed by atoms with van der Waals surface area (Å²) in [6.07, 6.45) is 0. The van der Waals surface area contributed by atoms with Crippen molar-refractivity contribution in [3.63, 3.8) is 0 Å². The third-order valence-electron chi connectivity index (χ3n) is 4.45. The number of hydrogen-bond acceptors (Lipinski definition) is 4. The lowest BCUT2D eigenvalue weighted by atomic mass is 10.2. The summed E-state index contributed by atoms with van der Waals surface area (Å²) in [7, 11) is -3.78. The minimum atomic E-state index is -3.78. The quantitative estimate of drug-likeness (QED) is 0.775. The van der Waals surface area contributed by atoms with Gasteiger partial charge in [-0.25, -0.2) is 12.8 Å². The first-order valence-corrected chi connectivity index (χ1v) is 10.1. The fraction of sp³-hybridized carbons (Fsp3) is 0.368. The van der Waals surface area contributed by atoms with Crippen molar-refractivity contribution in [1.82, 2.24) is 9.21 Å². The standard InChI is InChI=1S/C19H23FN2O3S/c1-16-5-4-6-17(15-16)25-14-13-21-9-11-22(12-10-21)26(23,24)19-8-3-2-7-18(19)20/h2-8,15H,9-14H2,1H3. The van der Waals surface area contributed by atoms with Crippen LogP contribution in [-0.2, 0) is 10.0 Å². The molecule has 1 aliphatic rings. The van der Waals surface area contributed by atoms with Crippen LogP contribution in [0.1, 0.15) is 5.56 Å². The number of piperazine rings is 1. The first-order chi connectivity index (χ1) is 12.5. The summed E-state index contributed by atoms with van der Waals surface area (Å²) < 4.78 is 46.1. The second-order valence-corrected chi connectivity index (χ2v) is 8.25. The smallest absolute Gasteiger partial charge is 0.246 e. The molecule has 26 heavy (non-hydrogen) atoms. The van der Waals surface area contributed by atoms with Gasteiger partial charge in [-0.15, -0.1) is 0 Å². The highest BCUT2D eigenvalue weighted by Gasteiger charge is 2.30. The normalized spacial score (nSPS) is 16.5. The van der Waals surface area contributed by atoms with Gasteiger partial charge in [0.1, 0.15) is 23.1 Å². The largest absolute Gasteiger partial charge is 0.492 e. The van der Waals surface area contributed by atoms with Gasteiger partial charge in [0.15, 0.2) is 0 Å². The molecule has 140 valence electrons. The van der Waals surface area contributed by atoms with Crippen molar-refractivity contribution < 1.29 is 17.5 Å². The molecule has 0 radical (unpaired) electrons. The maximum atomic E-state index is 13.8. The highest BCUT2D eigenvalue weighted by atomic mass is 32.2. The van der Waals surface area contributed by atoms with Crippen molar-refractivity contribution in [2.45, 2.75) is 11.8 Å². The molecule has 1 fully saturated rings. The monoisotopic (exact) mass is 378 g/mol. The molecule has 0 aromatic heterocycles. The van der Waals surface area contributed by atoms with Crippen LogP contribution in [0.3, 0.4) is 0 Å². The van der Waals surface area contributed by atoms with Crippen molar-refractivity contribution in [2.75, 3.05) is 39.3 Å². The molecular weight excluding hydrogens is 355 g/mol. The van der Waals surface area contributed by atoms with Gasteiger partial charge in [0, 0.05) is 32.7 Å². The number of ether oxygens (including phenoxy) is 1. The number of hydrogen-bond donors (Lipinski definition) is 0. The van der Waals surface area contributed by atoms with E-state index in [1.165, 1.54) is 28.6 Å². The van der Waals surface area contributed by atoms with E-state index in [0.717, 1.165) is 17.9 Å². The summed E-state index contributed by atoms with van der Waals surface area (Å²) in [5.41, 5.74) is 1.15. The topological polar surface area (TPSA) is 49.9 Å². The summed E-state index contributed by atoms with van der Waals surface area (Å²) >= 11 is 0. The Labute approximate surface area is 154 Å². The van der Waals surface area contributed by atoms with Gasteiger partial charge < -0.3 is 4.74 Å². The van der Waals surface area contributed by atoms with Gasteiger partial charge in [-0.1, -0.05) is 24.3 Å². The Kier molecular flexibility index (Phi) is 5.90. The van der Waals surface area contributed by atoms with E-state index in [0.29, 0.717) is 32.8 Å². The van der Waals surface area contributed by atoms with E-state index >= 15 is 0 Å². The van der Waals surface area contributed by atoms with Crippen LogP contribution in [-0.4, -0.2) is 57.0 Å².